The van der Waals surface area contributed by atoms with Crippen LogP contribution in [0.1, 0.15) is 58.3 Å². The summed E-state index contributed by atoms with van der Waals surface area (Å²) in [7, 11) is -4.51. The van der Waals surface area contributed by atoms with Gasteiger partial charge in [0.15, 0.2) is 0 Å². The number of rotatable bonds is 16. The van der Waals surface area contributed by atoms with Crippen LogP contribution in [-0.2, 0) is 13.8 Å². The van der Waals surface area contributed by atoms with Crippen LogP contribution in [0.3, 0.4) is 0 Å². The molecule has 7 heteroatoms. The fraction of sp³-hybridized carbons (Fsp3) is 0.684. The van der Waals surface area contributed by atoms with Crippen molar-refractivity contribution in [3.63, 3.8) is 0 Å². The van der Waals surface area contributed by atoms with Crippen LogP contribution in [0.5, 0.6) is 5.75 Å². The molecule has 0 fully saturated rings. The van der Waals surface area contributed by atoms with Gasteiger partial charge in [-0.2, -0.15) is 0 Å². The summed E-state index contributed by atoms with van der Waals surface area (Å²) in [5.74, 6) is 0.766. The largest absolute Gasteiger partial charge is 0.491 e. The molecule has 0 amide bonds. The second-order valence-corrected chi connectivity index (χ2v) is 7.56. The van der Waals surface area contributed by atoms with E-state index in [4.69, 9.17) is 23.8 Å². The van der Waals surface area contributed by atoms with Crippen molar-refractivity contribution in [3.8, 4) is 5.75 Å². The summed E-state index contributed by atoms with van der Waals surface area (Å²) in [5, 5.41) is 0. The third-order valence-corrected chi connectivity index (χ3v) is 4.53. The molecule has 150 valence electrons. The molecule has 0 spiro atoms. The third kappa shape index (κ3) is 13.3. The van der Waals surface area contributed by atoms with Crippen molar-refractivity contribution < 1.29 is 28.3 Å². The van der Waals surface area contributed by atoms with Crippen molar-refractivity contribution in [2.24, 2.45) is 0 Å². The minimum atomic E-state index is -4.51. The summed E-state index contributed by atoms with van der Waals surface area (Å²) in [6.07, 6.45) is 8.01. The summed E-state index contributed by atoms with van der Waals surface area (Å²) < 4.78 is 27.0. The Hall–Kier alpha value is -0.910. The van der Waals surface area contributed by atoms with Crippen LogP contribution < -0.4 is 4.74 Å². The fourth-order valence-corrected chi connectivity index (χ4v) is 3.19. The van der Waals surface area contributed by atoms with E-state index in [1.165, 1.54) is 25.7 Å². The number of unbranched alkanes of at least 4 members (excludes halogenated alkanes) is 6. The lowest BCUT2D eigenvalue weighted by Crippen LogP contribution is -2.21. The van der Waals surface area contributed by atoms with E-state index in [0.717, 1.165) is 25.0 Å². The quantitative estimate of drug-likeness (QED) is 0.315. The molecule has 0 aliphatic heterocycles. The monoisotopic (exact) mass is 388 g/mol. The molecular weight excluding hydrogens is 355 g/mol. The number of para-hydroxylation sites is 1. The lowest BCUT2D eigenvalue weighted by atomic mass is 10.1. The van der Waals surface area contributed by atoms with Crippen LogP contribution in [0.15, 0.2) is 30.3 Å². The Labute approximate surface area is 157 Å². The Morgan fingerprint density at radius 3 is 2.27 bits per heavy atom. The minimum absolute atomic E-state index is 0.152. The van der Waals surface area contributed by atoms with Gasteiger partial charge in [-0.1, -0.05) is 70.1 Å². The molecular formula is C19H33O6P. The SMILES string of the molecule is CCCCCCCCCC(COCCOc1ccccc1)OP(=O)(O)O. The third-order valence-electron chi connectivity index (χ3n) is 3.96. The summed E-state index contributed by atoms with van der Waals surface area (Å²) in [6, 6.07) is 9.42. The van der Waals surface area contributed by atoms with Crippen LogP contribution in [0.2, 0.25) is 0 Å². The molecule has 1 aromatic rings. The second-order valence-electron chi connectivity index (χ2n) is 6.36. The Morgan fingerprint density at radius 2 is 1.62 bits per heavy atom. The van der Waals surface area contributed by atoms with Crippen LogP contribution in [0, 0.1) is 0 Å². The number of ether oxygens (including phenoxy) is 2. The average Bonchev–Trinajstić information content (AvgIpc) is 2.60. The van der Waals surface area contributed by atoms with E-state index < -0.39 is 13.9 Å². The van der Waals surface area contributed by atoms with Gasteiger partial charge < -0.3 is 19.3 Å². The highest BCUT2D eigenvalue weighted by molar-refractivity contribution is 7.46. The standard InChI is InChI=1S/C19H33O6P/c1-2-3-4-5-6-7-9-14-19(25-26(20,21)22)17-23-15-16-24-18-12-10-8-11-13-18/h8,10-13,19H,2-7,9,14-17H2,1H3,(H2,20,21,22). The molecule has 2 N–H and O–H groups in total. The van der Waals surface area contributed by atoms with E-state index in [1.807, 2.05) is 30.3 Å². The zero-order chi connectivity index (χ0) is 19.1. The molecule has 0 bridgehead atoms. The summed E-state index contributed by atoms with van der Waals surface area (Å²) in [6.45, 7) is 3.06. The molecule has 0 aromatic heterocycles. The Kier molecular flexibility index (Phi) is 12.6. The van der Waals surface area contributed by atoms with Gasteiger partial charge in [0, 0.05) is 0 Å². The van der Waals surface area contributed by atoms with Gasteiger partial charge in [-0.05, 0) is 18.6 Å². The number of phosphoric ester groups is 1. The molecule has 0 heterocycles. The van der Waals surface area contributed by atoms with E-state index in [0.29, 0.717) is 19.6 Å². The van der Waals surface area contributed by atoms with Gasteiger partial charge in [0.05, 0.1) is 19.3 Å². The molecule has 6 nitrogen and oxygen atoms in total. The smallest absolute Gasteiger partial charge is 0.469 e. The predicted molar refractivity (Wildman–Crippen MR) is 102 cm³/mol. The average molecular weight is 388 g/mol. The number of hydrogen-bond donors (Lipinski definition) is 2. The molecule has 0 saturated heterocycles. The molecule has 1 aromatic carbocycles. The predicted octanol–water partition coefficient (Wildman–Crippen LogP) is 4.70. The highest BCUT2D eigenvalue weighted by atomic mass is 31.2. The normalized spacial score (nSPS) is 12.9. The van der Waals surface area contributed by atoms with Gasteiger partial charge in [0.2, 0.25) is 0 Å². The lowest BCUT2D eigenvalue weighted by Gasteiger charge is -2.18. The van der Waals surface area contributed by atoms with Gasteiger partial charge >= 0.3 is 7.82 Å². The van der Waals surface area contributed by atoms with E-state index in [-0.39, 0.29) is 6.61 Å². The van der Waals surface area contributed by atoms with Gasteiger partial charge in [-0.15, -0.1) is 0 Å². The molecule has 26 heavy (non-hydrogen) atoms. The van der Waals surface area contributed by atoms with Crippen molar-refractivity contribution in [2.75, 3.05) is 19.8 Å². The fourth-order valence-electron chi connectivity index (χ4n) is 2.64. The Morgan fingerprint density at radius 1 is 0.962 bits per heavy atom. The zero-order valence-electron chi connectivity index (χ0n) is 15.7. The molecule has 1 unspecified atom stereocenters. The Balaban J connectivity index is 2.18. The van der Waals surface area contributed by atoms with E-state index in [1.54, 1.807) is 0 Å². The van der Waals surface area contributed by atoms with Gasteiger partial charge in [0.1, 0.15) is 12.4 Å². The molecule has 1 rings (SSSR count). The van der Waals surface area contributed by atoms with Gasteiger partial charge in [-0.25, -0.2) is 4.57 Å². The molecule has 0 aliphatic carbocycles. The number of phosphoric acid groups is 1. The Bertz CT molecular complexity index is 490. The first kappa shape index (κ1) is 23.1. The number of benzene rings is 1. The maximum Gasteiger partial charge on any atom is 0.469 e. The first-order valence-electron chi connectivity index (χ1n) is 9.51. The lowest BCUT2D eigenvalue weighted by molar-refractivity contribution is 0.0182. The molecule has 0 aliphatic rings. The van der Waals surface area contributed by atoms with Crippen LogP contribution in [-0.4, -0.2) is 35.7 Å². The summed E-state index contributed by atoms with van der Waals surface area (Å²) in [4.78, 5) is 18.1. The first-order valence-corrected chi connectivity index (χ1v) is 11.0. The maximum atomic E-state index is 11.1. The second kappa shape index (κ2) is 14.2. The zero-order valence-corrected chi connectivity index (χ0v) is 16.6. The van der Waals surface area contributed by atoms with Crippen LogP contribution in [0.4, 0.5) is 0 Å². The van der Waals surface area contributed by atoms with Crippen molar-refractivity contribution in [2.45, 2.75) is 64.4 Å². The van der Waals surface area contributed by atoms with Gasteiger partial charge in [-0.3, -0.25) is 4.52 Å². The summed E-state index contributed by atoms with van der Waals surface area (Å²) in [5.41, 5.74) is 0. The van der Waals surface area contributed by atoms with Gasteiger partial charge in [0.25, 0.3) is 0 Å². The maximum absolute atomic E-state index is 11.1. The minimum Gasteiger partial charge on any atom is -0.491 e. The molecule has 0 saturated carbocycles. The molecule has 1 atom stereocenters. The van der Waals surface area contributed by atoms with Crippen molar-refractivity contribution in [1.82, 2.24) is 0 Å². The summed E-state index contributed by atoms with van der Waals surface area (Å²) >= 11 is 0. The molecule has 0 radical (unpaired) electrons. The topological polar surface area (TPSA) is 85.2 Å². The first-order chi connectivity index (χ1) is 12.5. The van der Waals surface area contributed by atoms with Crippen molar-refractivity contribution >= 4 is 7.82 Å². The number of hydrogen-bond acceptors (Lipinski definition) is 4. The van der Waals surface area contributed by atoms with E-state index >= 15 is 0 Å². The van der Waals surface area contributed by atoms with Crippen molar-refractivity contribution in [3.05, 3.63) is 30.3 Å². The van der Waals surface area contributed by atoms with E-state index in [9.17, 15) is 4.57 Å². The van der Waals surface area contributed by atoms with Crippen LogP contribution in [0.25, 0.3) is 0 Å². The highest BCUT2D eigenvalue weighted by Gasteiger charge is 2.22. The van der Waals surface area contributed by atoms with E-state index in [2.05, 4.69) is 6.92 Å². The van der Waals surface area contributed by atoms with Crippen LogP contribution >= 0.6 is 7.82 Å². The van der Waals surface area contributed by atoms with Crippen molar-refractivity contribution in [1.29, 1.82) is 0 Å². The highest BCUT2D eigenvalue weighted by Crippen LogP contribution is 2.38.